The van der Waals surface area contributed by atoms with E-state index in [0.29, 0.717) is 11.5 Å². The third kappa shape index (κ3) is 2.32. The maximum Gasteiger partial charge on any atom is 0.201 e. The lowest BCUT2D eigenvalue weighted by Gasteiger charge is -2.11. The zero-order valence-electron chi connectivity index (χ0n) is 11.7. The lowest BCUT2D eigenvalue weighted by molar-refractivity contribution is 0.387. The molecular weight excluding hydrogens is 257 g/mol. The number of hydrogen-bond donors (Lipinski definition) is 1. The monoisotopic (exact) mass is 277 g/mol. The lowest BCUT2D eigenvalue weighted by Crippen LogP contribution is -2.07. The number of fused-ring (bicyclic) bond motifs is 1. The molecule has 0 atom stereocenters. The molecule has 1 aliphatic rings. The van der Waals surface area contributed by atoms with Crippen molar-refractivity contribution in [2.24, 2.45) is 5.92 Å². The molecule has 108 valence electrons. The van der Waals surface area contributed by atoms with Crippen LogP contribution in [0.5, 0.6) is 5.75 Å². The lowest BCUT2D eigenvalue weighted by atomic mass is 10.0. The Morgan fingerprint density at radius 3 is 2.85 bits per heavy atom. The second-order valence-corrected chi connectivity index (χ2v) is 5.54. The van der Waals surface area contributed by atoms with Gasteiger partial charge in [0.15, 0.2) is 11.6 Å². The molecule has 20 heavy (non-hydrogen) atoms. The molecule has 0 aliphatic heterocycles. The fraction of sp³-hybridized carbons (Fsp3) is 0.533. The number of ether oxygens (including phenoxy) is 1. The van der Waals surface area contributed by atoms with Crippen LogP contribution in [0, 0.1) is 11.7 Å². The molecule has 3 rings (SSSR count). The van der Waals surface area contributed by atoms with E-state index in [1.165, 1.54) is 38.9 Å². The smallest absolute Gasteiger partial charge is 0.201 e. The predicted octanol–water partition coefficient (Wildman–Crippen LogP) is 3.35. The number of aryl methyl sites for hydroxylation is 1. The minimum atomic E-state index is -0.402. The molecule has 0 saturated heterocycles. The minimum Gasteiger partial charge on any atom is -0.494 e. The van der Waals surface area contributed by atoms with E-state index < -0.39 is 5.82 Å². The molecule has 0 unspecified atom stereocenters. The SMILES string of the molecule is COc1cc2c(cc1F)nc(N)n2CCC1CCCC1. The summed E-state index contributed by atoms with van der Waals surface area (Å²) < 4.78 is 20.7. The van der Waals surface area contributed by atoms with Gasteiger partial charge in [0, 0.05) is 18.7 Å². The Kier molecular flexibility index (Phi) is 3.51. The predicted molar refractivity (Wildman–Crippen MR) is 77.2 cm³/mol. The highest BCUT2D eigenvalue weighted by molar-refractivity contribution is 5.80. The Hall–Kier alpha value is -1.78. The van der Waals surface area contributed by atoms with Crippen LogP contribution < -0.4 is 10.5 Å². The molecule has 1 fully saturated rings. The molecule has 1 saturated carbocycles. The number of hydrogen-bond acceptors (Lipinski definition) is 3. The van der Waals surface area contributed by atoms with Crippen LogP contribution in [0.3, 0.4) is 0 Å². The van der Waals surface area contributed by atoms with Crippen LogP contribution in [0.15, 0.2) is 12.1 Å². The average Bonchev–Trinajstić information content (AvgIpc) is 3.03. The highest BCUT2D eigenvalue weighted by Gasteiger charge is 2.17. The fourth-order valence-electron chi connectivity index (χ4n) is 3.15. The van der Waals surface area contributed by atoms with E-state index in [2.05, 4.69) is 4.98 Å². The van der Waals surface area contributed by atoms with Crippen molar-refractivity contribution < 1.29 is 9.13 Å². The quantitative estimate of drug-likeness (QED) is 0.932. The van der Waals surface area contributed by atoms with Crippen molar-refractivity contribution in [2.75, 3.05) is 12.8 Å². The van der Waals surface area contributed by atoms with Crippen molar-refractivity contribution >= 4 is 17.0 Å². The number of rotatable bonds is 4. The maximum atomic E-state index is 13.7. The topological polar surface area (TPSA) is 53.1 Å². The third-order valence-corrected chi connectivity index (χ3v) is 4.29. The van der Waals surface area contributed by atoms with E-state index in [4.69, 9.17) is 10.5 Å². The summed E-state index contributed by atoms with van der Waals surface area (Å²) in [5, 5.41) is 0. The normalized spacial score (nSPS) is 16.1. The van der Waals surface area contributed by atoms with Gasteiger partial charge in [-0.05, 0) is 12.3 Å². The average molecular weight is 277 g/mol. The molecule has 1 aliphatic carbocycles. The van der Waals surface area contributed by atoms with Crippen LogP contribution in [0.1, 0.15) is 32.1 Å². The fourth-order valence-corrected chi connectivity index (χ4v) is 3.15. The Balaban J connectivity index is 1.90. The van der Waals surface area contributed by atoms with E-state index in [1.54, 1.807) is 6.07 Å². The third-order valence-electron chi connectivity index (χ3n) is 4.29. The summed E-state index contributed by atoms with van der Waals surface area (Å²) in [6.07, 6.45) is 6.40. The van der Waals surface area contributed by atoms with Crippen molar-refractivity contribution in [3.05, 3.63) is 17.9 Å². The van der Waals surface area contributed by atoms with Crippen LogP contribution in [-0.4, -0.2) is 16.7 Å². The molecule has 0 bridgehead atoms. The molecule has 0 radical (unpaired) electrons. The van der Waals surface area contributed by atoms with Crippen LogP contribution in [0.2, 0.25) is 0 Å². The van der Waals surface area contributed by atoms with E-state index in [9.17, 15) is 4.39 Å². The van der Waals surface area contributed by atoms with Crippen LogP contribution in [0.4, 0.5) is 10.3 Å². The van der Waals surface area contributed by atoms with Gasteiger partial charge in [-0.2, -0.15) is 0 Å². The molecule has 2 aromatic rings. The van der Waals surface area contributed by atoms with Gasteiger partial charge in [-0.3, -0.25) is 0 Å². The van der Waals surface area contributed by atoms with Gasteiger partial charge in [-0.15, -0.1) is 0 Å². The van der Waals surface area contributed by atoms with E-state index in [0.717, 1.165) is 24.4 Å². The van der Waals surface area contributed by atoms with Crippen LogP contribution in [0.25, 0.3) is 11.0 Å². The molecule has 5 heteroatoms. The minimum absolute atomic E-state index is 0.236. The number of halogens is 1. The van der Waals surface area contributed by atoms with E-state index in [1.807, 2.05) is 4.57 Å². The first-order chi connectivity index (χ1) is 9.69. The van der Waals surface area contributed by atoms with Crippen molar-refractivity contribution in [3.63, 3.8) is 0 Å². The van der Waals surface area contributed by atoms with Gasteiger partial charge in [-0.1, -0.05) is 25.7 Å². The summed E-state index contributed by atoms with van der Waals surface area (Å²) in [4.78, 5) is 4.24. The summed E-state index contributed by atoms with van der Waals surface area (Å²) in [6.45, 7) is 0.835. The zero-order valence-corrected chi connectivity index (χ0v) is 11.7. The number of benzene rings is 1. The van der Waals surface area contributed by atoms with Gasteiger partial charge in [0.05, 0.1) is 18.1 Å². The number of nitrogens with zero attached hydrogens (tertiary/aromatic N) is 2. The van der Waals surface area contributed by atoms with Crippen LogP contribution in [-0.2, 0) is 6.54 Å². The summed E-state index contributed by atoms with van der Waals surface area (Å²) in [6, 6.07) is 3.07. The standard InChI is InChI=1S/C15H20FN3O/c1-20-14-9-13-12(8-11(14)16)18-15(17)19(13)7-6-10-4-2-3-5-10/h8-10H,2-7H2,1H3,(H2,17,18). The number of anilines is 1. The molecule has 4 nitrogen and oxygen atoms in total. The highest BCUT2D eigenvalue weighted by Crippen LogP contribution is 2.30. The van der Waals surface area contributed by atoms with Crippen molar-refractivity contribution in [3.8, 4) is 5.75 Å². The van der Waals surface area contributed by atoms with Gasteiger partial charge in [0.2, 0.25) is 5.95 Å². The van der Waals surface area contributed by atoms with E-state index in [-0.39, 0.29) is 5.75 Å². The van der Waals surface area contributed by atoms with Crippen molar-refractivity contribution in [1.82, 2.24) is 9.55 Å². The molecule has 1 aromatic carbocycles. The van der Waals surface area contributed by atoms with Gasteiger partial charge in [0.1, 0.15) is 0 Å². The van der Waals surface area contributed by atoms with Gasteiger partial charge >= 0.3 is 0 Å². The first-order valence-corrected chi connectivity index (χ1v) is 7.18. The van der Waals surface area contributed by atoms with E-state index >= 15 is 0 Å². The molecule has 1 heterocycles. The summed E-state index contributed by atoms with van der Waals surface area (Å²) in [7, 11) is 1.47. The second kappa shape index (κ2) is 5.31. The first-order valence-electron chi connectivity index (χ1n) is 7.18. The summed E-state index contributed by atoms with van der Waals surface area (Å²) in [5.74, 6) is 1.07. The Labute approximate surface area is 117 Å². The summed E-state index contributed by atoms with van der Waals surface area (Å²) in [5.41, 5.74) is 7.40. The second-order valence-electron chi connectivity index (χ2n) is 5.54. The highest BCUT2D eigenvalue weighted by atomic mass is 19.1. The molecular formula is C15H20FN3O. The number of imidazole rings is 1. The zero-order chi connectivity index (χ0) is 14.1. The maximum absolute atomic E-state index is 13.7. The Morgan fingerprint density at radius 1 is 1.40 bits per heavy atom. The summed E-state index contributed by atoms with van der Waals surface area (Å²) >= 11 is 0. The van der Waals surface area contributed by atoms with Gasteiger partial charge < -0.3 is 15.0 Å². The Morgan fingerprint density at radius 2 is 2.15 bits per heavy atom. The molecule has 0 spiro atoms. The molecule has 2 N–H and O–H groups in total. The number of nitrogen functional groups attached to an aromatic ring is 1. The molecule has 1 aromatic heterocycles. The number of nitrogens with two attached hydrogens (primary N) is 1. The van der Waals surface area contributed by atoms with Gasteiger partial charge in [0.25, 0.3) is 0 Å². The van der Waals surface area contributed by atoms with Crippen molar-refractivity contribution in [2.45, 2.75) is 38.6 Å². The van der Waals surface area contributed by atoms with Crippen LogP contribution >= 0.6 is 0 Å². The van der Waals surface area contributed by atoms with Gasteiger partial charge in [-0.25, -0.2) is 9.37 Å². The Bertz CT molecular complexity index is 617. The largest absolute Gasteiger partial charge is 0.494 e. The van der Waals surface area contributed by atoms with Crippen molar-refractivity contribution in [1.29, 1.82) is 0 Å². The first kappa shape index (κ1) is 13.2. The molecule has 0 amide bonds. The number of aromatic nitrogens is 2. The number of methoxy groups -OCH3 is 1.